The lowest BCUT2D eigenvalue weighted by molar-refractivity contribution is 0.620. The van der Waals surface area contributed by atoms with E-state index in [0.29, 0.717) is 5.56 Å². The van der Waals surface area contributed by atoms with Gasteiger partial charge < -0.3 is 0 Å². The van der Waals surface area contributed by atoms with Crippen LogP contribution in [0.15, 0.2) is 17.1 Å². The minimum atomic E-state index is -0.517. The van der Waals surface area contributed by atoms with Gasteiger partial charge in [0.25, 0.3) is 0 Å². The van der Waals surface area contributed by atoms with Crippen LogP contribution in [0.25, 0.3) is 0 Å². The molecule has 1 aromatic carbocycles. The van der Waals surface area contributed by atoms with Crippen LogP contribution in [0.4, 0.5) is 10.1 Å². The SMILES string of the molecule is Cc1c(C#N)ccc(N=C=S)c1F. The molecule has 4 heteroatoms. The smallest absolute Gasteiger partial charge is 0.153 e. The molecule has 0 bridgehead atoms. The van der Waals surface area contributed by atoms with E-state index in [9.17, 15) is 4.39 Å². The molecule has 1 rings (SSSR count). The topological polar surface area (TPSA) is 36.1 Å². The summed E-state index contributed by atoms with van der Waals surface area (Å²) in [6.45, 7) is 1.52. The molecule has 0 saturated heterocycles. The number of nitrogens with zero attached hydrogens (tertiary/aromatic N) is 2. The molecular formula is C9H5FN2S. The molecule has 0 aliphatic rings. The van der Waals surface area contributed by atoms with Crippen molar-refractivity contribution in [2.45, 2.75) is 6.92 Å². The van der Waals surface area contributed by atoms with Gasteiger partial charge in [0.05, 0.1) is 16.8 Å². The molecule has 13 heavy (non-hydrogen) atoms. The number of nitriles is 1. The summed E-state index contributed by atoms with van der Waals surface area (Å²) >= 11 is 4.35. The Bertz CT molecular complexity index is 428. The Morgan fingerprint density at radius 3 is 2.77 bits per heavy atom. The van der Waals surface area contributed by atoms with Gasteiger partial charge >= 0.3 is 0 Å². The quantitative estimate of drug-likeness (QED) is 0.506. The third-order valence-corrected chi connectivity index (χ3v) is 1.74. The molecule has 0 radical (unpaired) electrons. The first kappa shape index (κ1) is 9.53. The van der Waals surface area contributed by atoms with E-state index in [0.717, 1.165) is 0 Å². The number of halogens is 1. The standard InChI is InChI=1S/C9H5FN2S/c1-6-7(4-11)2-3-8(9(6)10)12-5-13/h2-3H,1H3. The highest BCUT2D eigenvalue weighted by molar-refractivity contribution is 7.78. The van der Waals surface area contributed by atoms with E-state index in [1.54, 1.807) is 0 Å². The Labute approximate surface area is 80.3 Å². The van der Waals surface area contributed by atoms with E-state index in [2.05, 4.69) is 22.4 Å². The van der Waals surface area contributed by atoms with Crippen molar-refractivity contribution in [2.24, 2.45) is 4.99 Å². The highest BCUT2D eigenvalue weighted by Crippen LogP contribution is 2.22. The fourth-order valence-corrected chi connectivity index (χ4v) is 1.03. The molecule has 0 amide bonds. The summed E-state index contributed by atoms with van der Waals surface area (Å²) in [5.74, 6) is -0.517. The molecule has 2 nitrogen and oxygen atoms in total. The van der Waals surface area contributed by atoms with Crippen molar-refractivity contribution < 1.29 is 4.39 Å². The Kier molecular flexibility index (Phi) is 2.86. The number of thiocarbonyl (C=S) groups is 1. The second-order valence-electron chi connectivity index (χ2n) is 2.39. The minimum absolute atomic E-state index is 0.117. The van der Waals surface area contributed by atoms with Crippen LogP contribution in [-0.4, -0.2) is 5.16 Å². The normalized spacial score (nSPS) is 8.69. The number of benzene rings is 1. The maximum atomic E-state index is 13.3. The van der Waals surface area contributed by atoms with Crippen LogP contribution in [0.3, 0.4) is 0 Å². The number of isothiocyanates is 1. The molecule has 0 unspecified atom stereocenters. The lowest BCUT2D eigenvalue weighted by Crippen LogP contribution is -1.87. The van der Waals surface area contributed by atoms with Gasteiger partial charge in [0, 0.05) is 5.56 Å². The summed E-state index contributed by atoms with van der Waals surface area (Å²) in [6.07, 6.45) is 0. The van der Waals surface area contributed by atoms with E-state index < -0.39 is 5.82 Å². The Balaban J connectivity index is 3.41. The summed E-state index contributed by atoms with van der Waals surface area (Å²) in [5.41, 5.74) is 0.710. The molecule has 0 saturated carbocycles. The van der Waals surface area contributed by atoms with Gasteiger partial charge in [-0.15, -0.1) is 0 Å². The van der Waals surface area contributed by atoms with E-state index in [1.807, 2.05) is 6.07 Å². The Morgan fingerprint density at radius 1 is 1.54 bits per heavy atom. The largest absolute Gasteiger partial charge is 0.204 e. The summed E-state index contributed by atoms with van der Waals surface area (Å²) in [7, 11) is 0. The predicted molar refractivity (Wildman–Crippen MR) is 50.5 cm³/mol. The highest BCUT2D eigenvalue weighted by atomic mass is 32.1. The third-order valence-electron chi connectivity index (χ3n) is 1.65. The molecular weight excluding hydrogens is 187 g/mol. The molecule has 0 aliphatic carbocycles. The highest BCUT2D eigenvalue weighted by Gasteiger charge is 2.07. The second-order valence-corrected chi connectivity index (χ2v) is 2.57. The van der Waals surface area contributed by atoms with Gasteiger partial charge in [-0.25, -0.2) is 4.39 Å². The molecule has 0 fully saturated rings. The van der Waals surface area contributed by atoms with Gasteiger partial charge in [0.2, 0.25) is 0 Å². The van der Waals surface area contributed by atoms with Gasteiger partial charge in [0.1, 0.15) is 5.69 Å². The zero-order chi connectivity index (χ0) is 9.84. The molecule has 0 N–H and O–H groups in total. The second kappa shape index (κ2) is 3.90. The first-order valence-corrected chi connectivity index (χ1v) is 3.88. The number of aliphatic imine (C=N–C) groups is 1. The maximum Gasteiger partial charge on any atom is 0.153 e. The fraction of sp³-hybridized carbons (Fsp3) is 0.111. The van der Waals surface area contributed by atoms with Crippen molar-refractivity contribution in [3.8, 4) is 6.07 Å². The van der Waals surface area contributed by atoms with Crippen molar-refractivity contribution in [3.63, 3.8) is 0 Å². The van der Waals surface area contributed by atoms with Gasteiger partial charge in [-0.05, 0) is 31.3 Å². The van der Waals surface area contributed by atoms with E-state index in [1.165, 1.54) is 19.1 Å². The van der Waals surface area contributed by atoms with Crippen molar-refractivity contribution in [2.75, 3.05) is 0 Å². The Hall–Kier alpha value is -1.56. The molecule has 1 aromatic rings. The van der Waals surface area contributed by atoms with Crippen LogP contribution in [-0.2, 0) is 0 Å². The zero-order valence-corrected chi connectivity index (χ0v) is 7.65. The summed E-state index contributed by atoms with van der Waals surface area (Å²) in [6, 6.07) is 4.78. The minimum Gasteiger partial charge on any atom is -0.204 e. The van der Waals surface area contributed by atoms with Crippen molar-refractivity contribution in [1.82, 2.24) is 0 Å². The van der Waals surface area contributed by atoms with E-state index >= 15 is 0 Å². The molecule has 0 aromatic heterocycles. The van der Waals surface area contributed by atoms with Crippen LogP contribution in [0.2, 0.25) is 0 Å². The van der Waals surface area contributed by atoms with Gasteiger partial charge in [-0.1, -0.05) is 0 Å². The molecule has 0 aliphatic heterocycles. The number of rotatable bonds is 1. The maximum absolute atomic E-state index is 13.3. The van der Waals surface area contributed by atoms with Crippen LogP contribution in [0, 0.1) is 24.1 Å². The summed E-state index contributed by atoms with van der Waals surface area (Å²) in [4.78, 5) is 3.52. The van der Waals surface area contributed by atoms with Crippen LogP contribution in [0.5, 0.6) is 0 Å². The Morgan fingerprint density at radius 2 is 2.23 bits per heavy atom. The lowest BCUT2D eigenvalue weighted by atomic mass is 10.1. The summed E-state index contributed by atoms with van der Waals surface area (Å²) < 4.78 is 13.3. The van der Waals surface area contributed by atoms with Gasteiger partial charge in [-0.3, -0.25) is 0 Å². The average Bonchev–Trinajstić information content (AvgIpc) is 2.14. The van der Waals surface area contributed by atoms with Gasteiger partial charge in [-0.2, -0.15) is 10.3 Å². The fourth-order valence-electron chi connectivity index (χ4n) is 0.927. The zero-order valence-electron chi connectivity index (χ0n) is 6.84. The molecule has 0 atom stereocenters. The van der Waals surface area contributed by atoms with E-state index in [-0.39, 0.29) is 11.3 Å². The molecule has 0 spiro atoms. The predicted octanol–water partition coefficient (Wildman–Crippen LogP) is 2.74. The number of hydrogen-bond acceptors (Lipinski definition) is 3. The van der Waals surface area contributed by atoms with Crippen LogP contribution in [0.1, 0.15) is 11.1 Å². The monoisotopic (exact) mass is 192 g/mol. The van der Waals surface area contributed by atoms with Crippen molar-refractivity contribution in [3.05, 3.63) is 29.1 Å². The number of hydrogen-bond donors (Lipinski definition) is 0. The first-order valence-electron chi connectivity index (χ1n) is 3.47. The average molecular weight is 192 g/mol. The molecule has 0 heterocycles. The summed E-state index contributed by atoms with van der Waals surface area (Å²) in [5, 5.41) is 10.7. The molecule has 64 valence electrons. The van der Waals surface area contributed by atoms with Gasteiger partial charge in [0.15, 0.2) is 5.82 Å². The van der Waals surface area contributed by atoms with Crippen molar-refractivity contribution in [1.29, 1.82) is 5.26 Å². The first-order chi connectivity index (χ1) is 6.20. The van der Waals surface area contributed by atoms with Crippen LogP contribution >= 0.6 is 12.2 Å². The third kappa shape index (κ3) is 1.78. The van der Waals surface area contributed by atoms with Crippen molar-refractivity contribution >= 4 is 23.1 Å². The van der Waals surface area contributed by atoms with E-state index in [4.69, 9.17) is 5.26 Å². The lowest BCUT2D eigenvalue weighted by Gasteiger charge is -2.00. The van der Waals surface area contributed by atoms with Crippen LogP contribution < -0.4 is 0 Å².